The molecule has 0 aliphatic rings. The molecule has 0 amide bonds. The molecule has 0 heterocycles. The molecule has 0 bridgehead atoms. The van der Waals surface area contributed by atoms with E-state index in [0.29, 0.717) is 12.1 Å². The normalized spacial score (nSPS) is 14.8. The Hall–Kier alpha value is -0.420. The Morgan fingerprint density at radius 1 is 1.19 bits per heavy atom. The maximum absolute atomic E-state index is 15.0. The van der Waals surface area contributed by atoms with Gasteiger partial charge in [0.1, 0.15) is 0 Å². The minimum atomic E-state index is -2.70. The van der Waals surface area contributed by atoms with Crippen LogP contribution in [0.25, 0.3) is 0 Å². The summed E-state index contributed by atoms with van der Waals surface area (Å²) >= 11 is 0. The van der Waals surface area contributed by atoms with Gasteiger partial charge in [-0.25, -0.2) is 0 Å². The van der Waals surface area contributed by atoms with Crippen LogP contribution in [0.2, 0.25) is 0 Å². The van der Waals surface area contributed by atoms with Crippen molar-refractivity contribution in [2.45, 2.75) is 33.6 Å². The van der Waals surface area contributed by atoms with Gasteiger partial charge in [0.2, 0.25) is 0 Å². The predicted molar refractivity (Wildman–Crippen MR) is 75.0 cm³/mol. The second-order valence-corrected chi connectivity index (χ2v) is 8.41. The average Bonchev–Trinajstić information content (AvgIpc) is 2.30. The number of halogens is 1. The van der Waals surface area contributed by atoms with Crippen molar-refractivity contribution in [1.82, 2.24) is 0 Å². The number of rotatable bonds is 6. The third kappa shape index (κ3) is 3.56. The van der Waals surface area contributed by atoms with Gasteiger partial charge in [0.25, 0.3) is 0 Å². The van der Waals surface area contributed by atoms with Crippen LogP contribution >= 0.6 is 7.57 Å². The summed E-state index contributed by atoms with van der Waals surface area (Å²) in [5, 5.41) is 0.973. The molecule has 0 saturated carbocycles. The average molecular weight is 242 g/mol. The van der Waals surface area contributed by atoms with E-state index in [-0.39, 0.29) is 0 Å². The Balaban J connectivity index is 2.78. The van der Waals surface area contributed by atoms with E-state index in [1.165, 1.54) is 0 Å². The zero-order valence-corrected chi connectivity index (χ0v) is 11.7. The van der Waals surface area contributed by atoms with Crippen LogP contribution in [0.3, 0.4) is 0 Å². The second kappa shape index (κ2) is 6.35. The molecule has 2 heteroatoms. The third-order valence-electron chi connectivity index (χ3n) is 3.31. The molecule has 1 rings (SSSR count). The summed E-state index contributed by atoms with van der Waals surface area (Å²) < 4.78 is 15.0. The number of hydrogen-bond donors (Lipinski definition) is 0. The quantitative estimate of drug-likeness (QED) is 0.648. The molecule has 0 N–H and O–H groups in total. The van der Waals surface area contributed by atoms with Gasteiger partial charge in [0, 0.05) is 0 Å². The minimum absolute atomic E-state index is 0.516. The Bertz CT molecular complexity index is 299. The van der Waals surface area contributed by atoms with E-state index in [1.54, 1.807) is 0 Å². The van der Waals surface area contributed by atoms with Crippen molar-refractivity contribution in [2.24, 2.45) is 5.92 Å². The van der Waals surface area contributed by atoms with Gasteiger partial charge >= 0.3 is 99.3 Å². The molecule has 0 aromatic heterocycles. The summed E-state index contributed by atoms with van der Waals surface area (Å²) in [5.41, 5.74) is 0. The first-order chi connectivity index (χ1) is 7.62. The van der Waals surface area contributed by atoms with E-state index in [9.17, 15) is 4.20 Å². The molecule has 1 atom stereocenters. The standard InChI is InChI=1S/C14H24FP/c1-4-9-13(3)12-16(15,5-2)14-10-7-6-8-11-14/h6-8,10-11,13,16H,4-5,9,12H2,1-3H3. The summed E-state index contributed by atoms with van der Waals surface area (Å²) in [6.45, 7) is 6.35. The SMILES string of the molecule is CCCC(C)C[PH](F)(CC)c1ccccc1. The van der Waals surface area contributed by atoms with E-state index < -0.39 is 7.57 Å². The maximum atomic E-state index is 15.0. The summed E-state index contributed by atoms with van der Waals surface area (Å²) in [6.07, 6.45) is 3.78. The number of benzene rings is 1. The van der Waals surface area contributed by atoms with Crippen LogP contribution in [0.1, 0.15) is 33.6 Å². The predicted octanol–water partition coefficient (Wildman–Crippen LogP) is 4.40. The molecule has 1 aromatic carbocycles. The molecule has 0 aliphatic heterocycles. The van der Waals surface area contributed by atoms with E-state index in [1.807, 2.05) is 37.3 Å². The van der Waals surface area contributed by atoms with Gasteiger partial charge in [-0.3, -0.25) is 0 Å². The Labute approximate surface area is 99.7 Å². The third-order valence-corrected chi connectivity index (χ3v) is 7.14. The zero-order valence-electron chi connectivity index (χ0n) is 10.7. The molecular formula is C14H24FP. The molecule has 16 heavy (non-hydrogen) atoms. The van der Waals surface area contributed by atoms with Crippen LogP contribution in [0, 0.1) is 5.92 Å². The van der Waals surface area contributed by atoms with Crippen molar-refractivity contribution >= 4 is 12.9 Å². The van der Waals surface area contributed by atoms with Gasteiger partial charge in [-0.05, 0) is 0 Å². The van der Waals surface area contributed by atoms with Crippen molar-refractivity contribution in [3.8, 4) is 0 Å². The Kier molecular flexibility index (Phi) is 5.41. The molecule has 0 spiro atoms. The van der Waals surface area contributed by atoms with Gasteiger partial charge in [0.15, 0.2) is 0 Å². The second-order valence-electron chi connectivity index (χ2n) is 4.78. The molecular weight excluding hydrogens is 218 g/mol. The Morgan fingerprint density at radius 3 is 2.31 bits per heavy atom. The van der Waals surface area contributed by atoms with Crippen LogP contribution in [0.15, 0.2) is 30.3 Å². The van der Waals surface area contributed by atoms with Gasteiger partial charge in [-0.15, -0.1) is 0 Å². The first kappa shape index (κ1) is 13.6. The van der Waals surface area contributed by atoms with Crippen LogP contribution in [0.4, 0.5) is 4.20 Å². The van der Waals surface area contributed by atoms with Crippen molar-refractivity contribution < 1.29 is 4.20 Å². The van der Waals surface area contributed by atoms with E-state index in [2.05, 4.69) is 13.8 Å². The van der Waals surface area contributed by atoms with Gasteiger partial charge in [-0.1, -0.05) is 0 Å². The van der Waals surface area contributed by atoms with E-state index in [4.69, 9.17) is 0 Å². The molecule has 92 valence electrons. The summed E-state index contributed by atoms with van der Waals surface area (Å²) in [7, 11) is -2.70. The molecule has 1 aromatic rings. The van der Waals surface area contributed by atoms with E-state index in [0.717, 1.165) is 24.3 Å². The van der Waals surface area contributed by atoms with Crippen LogP contribution in [-0.2, 0) is 0 Å². The zero-order chi connectivity index (χ0) is 12.0. The van der Waals surface area contributed by atoms with Crippen molar-refractivity contribution in [3.05, 3.63) is 30.3 Å². The summed E-state index contributed by atoms with van der Waals surface area (Å²) in [6, 6.07) is 9.81. The molecule has 0 saturated heterocycles. The molecule has 0 nitrogen and oxygen atoms in total. The van der Waals surface area contributed by atoms with Crippen LogP contribution in [-0.4, -0.2) is 12.3 Å². The topological polar surface area (TPSA) is 0 Å². The molecule has 0 radical (unpaired) electrons. The van der Waals surface area contributed by atoms with Crippen molar-refractivity contribution in [2.75, 3.05) is 12.3 Å². The van der Waals surface area contributed by atoms with Crippen molar-refractivity contribution in [1.29, 1.82) is 0 Å². The van der Waals surface area contributed by atoms with E-state index >= 15 is 0 Å². The van der Waals surface area contributed by atoms with Crippen molar-refractivity contribution in [3.63, 3.8) is 0 Å². The fourth-order valence-electron chi connectivity index (χ4n) is 2.35. The summed E-state index contributed by atoms with van der Waals surface area (Å²) in [5.74, 6) is 0.516. The van der Waals surface area contributed by atoms with Gasteiger partial charge < -0.3 is 0 Å². The van der Waals surface area contributed by atoms with Crippen LogP contribution in [0.5, 0.6) is 0 Å². The first-order valence-corrected chi connectivity index (χ1v) is 8.66. The fourth-order valence-corrected chi connectivity index (χ4v) is 5.38. The summed E-state index contributed by atoms with van der Waals surface area (Å²) in [4.78, 5) is 0. The monoisotopic (exact) mass is 242 g/mol. The molecule has 0 fully saturated rings. The Morgan fingerprint density at radius 2 is 1.81 bits per heavy atom. The fraction of sp³-hybridized carbons (Fsp3) is 0.571. The van der Waals surface area contributed by atoms with Gasteiger partial charge in [0.05, 0.1) is 0 Å². The molecule has 1 unspecified atom stereocenters. The number of hydrogen-bond acceptors (Lipinski definition) is 0. The molecule has 0 aliphatic carbocycles. The van der Waals surface area contributed by atoms with Gasteiger partial charge in [-0.2, -0.15) is 0 Å². The van der Waals surface area contributed by atoms with Crippen LogP contribution < -0.4 is 5.30 Å². The first-order valence-electron chi connectivity index (χ1n) is 6.36.